The largest absolute Gasteiger partial charge is 0.368 e. The molecule has 1 saturated heterocycles. The second-order valence-corrected chi connectivity index (χ2v) is 6.82. The van der Waals surface area contributed by atoms with Crippen molar-refractivity contribution in [2.45, 2.75) is 13.0 Å². The van der Waals surface area contributed by atoms with Crippen LogP contribution in [-0.2, 0) is 4.74 Å². The van der Waals surface area contributed by atoms with E-state index in [1.807, 2.05) is 43.3 Å². The number of hydrogen-bond acceptors (Lipinski definition) is 6. The first-order valence-electron chi connectivity index (χ1n) is 9.12. The number of ether oxygens (including phenoxy) is 1. The summed E-state index contributed by atoms with van der Waals surface area (Å²) < 4.78 is 7.63. The fourth-order valence-electron chi connectivity index (χ4n) is 3.57. The highest BCUT2D eigenvalue weighted by atomic mass is 16.5. The molecule has 8 heteroatoms. The Morgan fingerprint density at radius 2 is 2.11 bits per heavy atom. The Balaban J connectivity index is 1.44. The van der Waals surface area contributed by atoms with Gasteiger partial charge >= 0.3 is 0 Å². The van der Waals surface area contributed by atoms with Gasteiger partial charge in [0.15, 0.2) is 0 Å². The minimum Gasteiger partial charge on any atom is -0.368 e. The third kappa shape index (κ3) is 2.87. The van der Waals surface area contributed by atoms with Gasteiger partial charge in [0.25, 0.3) is 11.7 Å². The van der Waals surface area contributed by atoms with Gasteiger partial charge in [-0.05, 0) is 25.1 Å². The van der Waals surface area contributed by atoms with Crippen LogP contribution in [0.3, 0.4) is 0 Å². The van der Waals surface area contributed by atoms with Crippen molar-refractivity contribution in [3.05, 3.63) is 65.9 Å². The Labute approximate surface area is 160 Å². The highest BCUT2D eigenvalue weighted by molar-refractivity contribution is 5.97. The van der Waals surface area contributed by atoms with E-state index in [2.05, 4.69) is 20.1 Å². The molecule has 1 fully saturated rings. The zero-order valence-corrected chi connectivity index (χ0v) is 15.3. The van der Waals surface area contributed by atoms with Gasteiger partial charge in [-0.25, -0.2) is 4.98 Å². The summed E-state index contributed by atoms with van der Waals surface area (Å²) >= 11 is 0. The topological polar surface area (TPSA) is 85.5 Å². The third-order valence-corrected chi connectivity index (χ3v) is 4.93. The molecule has 28 heavy (non-hydrogen) atoms. The number of aromatic nitrogens is 5. The Kier molecular flexibility index (Phi) is 3.98. The molecule has 1 atom stereocenters. The molecule has 0 bridgehead atoms. The number of benzene rings is 1. The number of carbonyl (C=O) groups is 1. The number of pyridine rings is 1. The number of carbonyl (C=O) groups excluding carboxylic acids is 1. The van der Waals surface area contributed by atoms with E-state index in [1.165, 1.54) is 6.33 Å². The van der Waals surface area contributed by atoms with Crippen molar-refractivity contribution >= 4 is 22.6 Å². The highest BCUT2D eigenvalue weighted by Gasteiger charge is 2.28. The minimum atomic E-state index is -0.294. The Hall–Kier alpha value is -3.39. The van der Waals surface area contributed by atoms with Crippen LogP contribution in [0, 0.1) is 6.92 Å². The summed E-state index contributed by atoms with van der Waals surface area (Å²) in [5, 5.41) is 5.20. The van der Waals surface area contributed by atoms with E-state index in [1.54, 1.807) is 15.6 Å². The first-order valence-corrected chi connectivity index (χ1v) is 9.12. The second-order valence-electron chi connectivity index (χ2n) is 6.82. The van der Waals surface area contributed by atoms with Crippen LogP contribution < -0.4 is 0 Å². The van der Waals surface area contributed by atoms with Crippen LogP contribution in [-0.4, -0.2) is 55.1 Å². The second kappa shape index (κ2) is 6.65. The van der Waals surface area contributed by atoms with Gasteiger partial charge < -0.3 is 9.64 Å². The van der Waals surface area contributed by atoms with Crippen molar-refractivity contribution in [3.8, 4) is 0 Å². The lowest BCUT2D eigenvalue weighted by Gasteiger charge is -2.33. The first-order chi connectivity index (χ1) is 13.7. The Morgan fingerprint density at radius 1 is 1.21 bits per heavy atom. The number of hydrogen-bond donors (Lipinski definition) is 0. The molecule has 4 aromatic rings. The van der Waals surface area contributed by atoms with Crippen molar-refractivity contribution in [1.29, 1.82) is 0 Å². The van der Waals surface area contributed by atoms with Crippen LogP contribution >= 0.6 is 0 Å². The van der Waals surface area contributed by atoms with E-state index in [-0.39, 0.29) is 12.0 Å². The number of amides is 1. The van der Waals surface area contributed by atoms with E-state index >= 15 is 0 Å². The fourth-order valence-corrected chi connectivity index (χ4v) is 3.57. The van der Waals surface area contributed by atoms with Crippen molar-refractivity contribution in [3.63, 3.8) is 0 Å². The molecule has 1 aliphatic rings. The van der Waals surface area contributed by atoms with Gasteiger partial charge in [-0.15, -0.1) is 0 Å². The predicted molar refractivity (Wildman–Crippen MR) is 102 cm³/mol. The van der Waals surface area contributed by atoms with Gasteiger partial charge in [0.05, 0.1) is 29.9 Å². The summed E-state index contributed by atoms with van der Waals surface area (Å²) in [6.07, 6.45) is 2.82. The molecule has 0 radical (unpaired) electrons. The lowest BCUT2D eigenvalue weighted by atomic mass is 10.1. The van der Waals surface area contributed by atoms with E-state index < -0.39 is 0 Å². The lowest BCUT2D eigenvalue weighted by molar-refractivity contribution is -0.0257. The smallest absolute Gasteiger partial charge is 0.255 e. The molecule has 1 amide bonds. The molecule has 0 aliphatic carbocycles. The van der Waals surface area contributed by atoms with Crippen LogP contribution in [0.15, 0.2) is 48.9 Å². The summed E-state index contributed by atoms with van der Waals surface area (Å²) in [6, 6.07) is 11.6. The average molecular weight is 374 g/mol. The van der Waals surface area contributed by atoms with Crippen LogP contribution in [0.5, 0.6) is 0 Å². The molecule has 140 valence electrons. The molecule has 1 aromatic carbocycles. The molecule has 1 unspecified atom stereocenters. The van der Waals surface area contributed by atoms with Crippen LogP contribution in [0.25, 0.3) is 16.7 Å². The van der Waals surface area contributed by atoms with Crippen LogP contribution in [0.4, 0.5) is 0 Å². The first kappa shape index (κ1) is 16.8. The molecule has 8 nitrogen and oxygen atoms in total. The number of para-hydroxylation sites is 1. The molecule has 4 heterocycles. The number of morpholine rings is 1. The van der Waals surface area contributed by atoms with E-state index in [0.717, 1.165) is 22.3 Å². The van der Waals surface area contributed by atoms with Gasteiger partial charge in [-0.3, -0.25) is 9.78 Å². The molecular weight excluding hydrogens is 356 g/mol. The van der Waals surface area contributed by atoms with Gasteiger partial charge in [0, 0.05) is 23.8 Å². The number of rotatable bonds is 2. The predicted octanol–water partition coefficient (Wildman–Crippen LogP) is 2.19. The summed E-state index contributed by atoms with van der Waals surface area (Å²) in [7, 11) is 0. The molecular formula is C20H18N6O2. The number of fused-ring (bicyclic) bond motifs is 2. The maximum Gasteiger partial charge on any atom is 0.255 e. The fraction of sp³-hybridized carbons (Fsp3) is 0.250. The maximum absolute atomic E-state index is 13.1. The summed E-state index contributed by atoms with van der Waals surface area (Å²) in [5.74, 6) is 0.480. The SMILES string of the molecule is Cc1cc(C2CN(C(=O)c3cnc4ccccc4c3)CCO2)n2ncnc2n1. The standard InChI is InChI=1S/C20H18N6O2/c1-13-8-17(26-20(24-13)22-12-23-26)18-11-25(6-7-28-18)19(27)15-9-14-4-2-3-5-16(14)21-10-15/h2-5,8-10,12,18H,6-7,11H2,1H3. The number of aryl methyl sites for hydroxylation is 1. The molecule has 1 aliphatic heterocycles. The van der Waals surface area contributed by atoms with Crippen molar-refractivity contribution < 1.29 is 9.53 Å². The van der Waals surface area contributed by atoms with Gasteiger partial charge in [0.1, 0.15) is 12.4 Å². The van der Waals surface area contributed by atoms with Crippen LogP contribution in [0.2, 0.25) is 0 Å². The van der Waals surface area contributed by atoms with E-state index in [0.29, 0.717) is 31.0 Å². The molecule has 5 rings (SSSR count). The van der Waals surface area contributed by atoms with E-state index in [9.17, 15) is 4.79 Å². The molecule has 0 saturated carbocycles. The number of nitrogens with zero attached hydrogens (tertiary/aromatic N) is 6. The maximum atomic E-state index is 13.1. The van der Waals surface area contributed by atoms with Gasteiger partial charge in [-0.1, -0.05) is 18.2 Å². The summed E-state index contributed by atoms with van der Waals surface area (Å²) in [5.41, 5.74) is 3.13. The average Bonchev–Trinajstić information content (AvgIpc) is 3.20. The van der Waals surface area contributed by atoms with Crippen molar-refractivity contribution in [2.24, 2.45) is 0 Å². The minimum absolute atomic E-state index is 0.0489. The van der Waals surface area contributed by atoms with E-state index in [4.69, 9.17) is 4.74 Å². The van der Waals surface area contributed by atoms with Crippen LogP contribution in [0.1, 0.15) is 27.8 Å². The quantitative estimate of drug-likeness (QED) is 0.535. The lowest BCUT2D eigenvalue weighted by Crippen LogP contribution is -2.42. The van der Waals surface area contributed by atoms with Gasteiger partial charge in [0.2, 0.25) is 0 Å². The zero-order chi connectivity index (χ0) is 19.1. The molecule has 3 aromatic heterocycles. The highest BCUT2D eigenvalue weighted by Crippen LogP contribution is 2.24. The third-order valence-electron chi connectivity index (χ3n) is 4.93. The Morgan fingerprint density at radius 3 is 3.04 bits per heavy atom. The van der Waals surface area contributed by atoms with Gasteiger partial charge in [-0.2, -0.15) is 14.6 Å². The molecule has 0 N–H and O–H groups in total. The van der Waals surface area contributed by atoms with Crippen molar-refractivity contribution in [1.82, 2.24) is 29.5 Å². The van der Waals surface area contributed by atoms with Crippen molar-refractivity contribution in [2.75, 3.05) is 19.7 Å². The molecule has 0 spiro atoms. The zero-order valence-electron chi connectivity index (χ0n) is 15.3. The summed E-state index contributed by atoms with van der Waals surface area (Å²) in [4.78, 5) is 27.8. The monoisotopic (exact) mass is 374 g/mol. The normalized spacial score (nSPS) is 17.3. The Bertz CT molecular complexity index is 1190. The summed E-state index contributed by atoms with van der Waals surface area (Å²) in [6.45, 7) is 3.33.